The van der Waals surface area contributed by atoms with Crippen molar-refractivity contribution in [1.29, 1.82) is 0 Å². The quantitative estimate of drug-likeness (QED) is 0.861. The van der Waals surface area contributed by atoms with Crippen LogP contribution in [0.25, 0.3) is 0 Å². The topological polar surface area (TPSA) is 29.1 Å². The van der Waals surface area contributed by atoms with E-state index in [2.05, 4.69) is 15.9 Å². The van der Waals surface area contributed by atoms with Crippen LogP contribution in [0.2, 0.25) is 0 Å². The fourth-order valence-corrected chi connectivity index (χ4v) is 2.08. The van der Waals surface area contributed by atoms with Gasteiger partial charge in [-0.15, -0.1) is 0 Å². The predicted octanol–water partition coefficient (Wildman–Crippen LogP) is 4.48. The number of carbonyl (C=O) groups excluding carboxylic acids is 1. The van der Waals surface area contributed by atoms with E-state index < -0.39 is 18.1 Å². The van der Waals surface area contributed by atoms with Crippen LogP contribution < -0.4 is 5.32 Å². The Morgan fingerprint density at radius 1 is 1.00 bits per heavy atom. The monoisotopic (exact) mass is 357 g/mol. The minimum Gasteiger partial charge on any atom is -0.337 e. The highest BCUT2D eigenvalue weighted by Gasteiger charge is 2.41. The minimum absolute atomic E-state index is 0.00420. The Hall–Kier alpha value is -1.82. The second-order valence-corrected chi connectivity index (χ2v) is 5.28. The molecular weight excluding hydrogens is 347 g/mol. The van der Waals surface area contributed by atoms with E-state index >= 15 is 0 Å². The molecule has 0 saturated carbocycles. The lowest BCUT2D eigenvalue weighted by Gasteiger charge is -2.22. The van der Waals surface area contributed by atoms with Gasteiger partial charge in [0.05, 0.1) is 0 Å². The van der Waals surface area contributed by atoms with Gasteiger partial charge in [0.1, 0.15) is 0 Å². The van der Waals surface area contributed by atoms with Gasteiger partial charge in [-0.05, 0) is 29.8 Å². The van der Waals surface area contributed by atoms with E-state index in [1.807, 2.05) is 5.32 Å². The normalized spacial score (nSPS) is 12.8. The highest BCUT2D eigenvalue weighted by molar-refractivity contribution is 9.10. The second kappa shape index (κ2) is 6.30. The van der Waals surface area contributed by atoms with Gasteiger partial charge < -0.3 is 5.32 Å². The lowest BCUT2D eigenvalue weighted by atomic mass is 10.1. The van der Waals surface area contributed by atoms with E-state index in [9.17, 15) is 18.0 Å². The Labute approximate surface area is 128 Å². The van der Waals surface area contributed by atoms with Crippen molar-refractivity contribution < 1.29 is 18.0 Å². The smallest absolute Gasteiger partial charge is 0.337 e. The Bertz CT molecular complexity index is 611. The van der Waals surface area contributed by atoms with Crippen LogP contribution in [-0.2, 0) is 0 Å². The number of alkyl halides is 3. The third-order valence-electron chi connectivity index (χ3n) is 2.84. The first-order chi connectivity index (χ1) is 9.88. The van der Waals surface area contributed by atoms with E-state index in [4.69, 9.17) is 0 Å². The van der Waals surface area contributed by atoms with Crippen molar-refractivity contribution in [2.75, 3.05) is 0 Å². The molecule has 0 fully saturated rings. The zero-order chi connectivity index (χ0) is 15.5. The number of rotatable bonds is 3. The summed E-state index contributed by atoms with van der Waals surface area (Å²) in [6.07, 6.45) is -4.56. The fourth-order valence-electron chi connectivity index (χ4n) is 1.82. The van der Waals surface area contributed by atoms with Crippen molar-refractivity contribution >= 4 is 21.8 Å². The van der Waals surface area contributed by atoms with Crippen molar-refractivity contribution in [2.24, 2.45) is 0 Å². The minimum atomic E-state index is -4.56. The van der Waals surface area contributed by atoms with Gasteiger partial charge in [0.15, 0.2) is 6.04 Å². The molecule has 0 aliphatic rings. The molecule has 0 saturated heterocycles. The average molecular weight is 358 g/mol. The molecule has 1 N–H and O–H groups in total. The summed E-state index contributed by atoms with van der Waals surface area (Å²) in [5.41, 5.74) is 0.166. The van der Waals surface area contributed by atoms with Crippen LogP contribution in [0.5, 0.6) is 0 Å². The Kier molecular flexibility index (Phi) is 4.67. The lowest BCUT2D eigenvalue weighted by molar-refractivity contribution is -0.155. The highest BCUT2D eigenvalue weighted by atomic mass is 79.9. The summed E-state index contributed by atoms with van der Waals surface area (Å²) < 4.78 is 40.1. The predicted molar refractivity (Wildman–Crippen MR) is 76.8 cm³/mol. The van der Waals surface area contributed by atoms with E-state index in [1.54, 1.807) is 18.2 Å². The summed E-state index contributed by atoms with van der Waals surface area (Å²) in [4.78, 5) is 12.0. The van der Waals surface area contributed by atoms with Gasteiger partial charge in [0, 0.05) is 10.0 Å². The summed E-state index contributed by atoms with van der Waals surface area (Å²) in [7, 11) is 0. The first-order valence-electron chi connectivity index (χ1n) is 6.06. The maximum absolute atomic E-state index is 13.1. The molecule has 0 aliphatic carbocycles. The summed E-state index contributed by atoms with van der Waals surface area (Å²) in [6.45, 7) is 0. The molecule has 21 heavy (non-hydrogen) atoms. The van der Waals surface area contributed by atoms with Crippen molar-refractivity contribution in [2.45, 2.75) is 12.2 Å². The first kappa shape index (κ1) is 15.6. The van der Waals surface area contributed by atoms with Gasteiger partial charge in [0.2, 0.25) is 0 Å². The fraction of sp³-hybridized carbons (Fsp3) is 0.133. The largest absolute Gasteiger partial charge is 0.412 e. The summed E-state index contributed by atoms with van der Waals surface area (Å²) in [6, 6.07) is 11.4. The zero-order valence-corrected chi connectivity index (χ0v) is 12.3. The standard InChI is InChI=1S/C15H11BrF3NO/c16-12-8-6-11(7-9-12)14(21)20-13(15(17,18)19)10-4-2-1-3-5-10/h1-9,13H,(H,20,21)/t13-/m1/s1. The van der Waals surface area contributed by atoms with Gasteiger partial charge in [-0.1, -0.05) is 46.3 Å². The summed E-state index contributed by atoms with van der Waals surface area (Å²) >= 11 is 3.20. The van der Waals surface area contributed by atoms with Gasteiger partial charge in [0.25, 0.3) is 5.91 Å². The molecule has 6 heteroatoms. The number of carbonyl (C=O) groups is 1. The molecule has 1 amide bonds. The van der Waals surface area contributed by atoms with Crippen LogP contribution in [0.3, 0.4) is 0 Å². The Balaban J connectivity index is 2.24. The van der Waals surface area contributed by atoms with E-state index in [1.165, 1.54) is 36.4 Å². The van der Waals surface area contributed by atoms with Crippen LogP contribution in [0.1, 0.15) is 22.0 Å². The first-order valence-corrected chi connectivity index (χ1v) is 6.85. The number of amides is 1. The van der Waals surface area contributed by atoms with Crippen LogP contribution in [0, 0.1) is 0 Å². The maximum atomic E-state index is 13.1. The second-order valence-electron chi connectivity index (χ2n) is 4.37. The van der Waals surface area contributed by atoms with Crippen molar-refractivity contribution in [3.05, 3.63) is 70.2 Å². The van der Waals surface area contributed by atoms with Gasteiger partial charge in [-0.3, -0.25) is 4.79 Å². The average Bonchev–Trinajstić information content (AvgIpc) is 2.45. The maximum Gasteiger partial charge on any atom is 0.412 e. The van der Waals surface area contributed by atoms with Crippen molar-refractivity contribution in [1.82, 2.24) is 5.32 Å². The molecule has 0 heterocycles. The molecular formula is C15H11BrF3NO. The Morgan fingerprint density at radius 2 is 1.57 bits per heavy atom. The third-order valence-corrected chi connectivity index (χ3v) is 3.37. The molecule has 2 nitrogen and oxygen atoms in total. The van der Waals surface area contributed by atoms with E-state index in [0.717, 1.165) is 4.47 Å². The SMILES string of the molecule is O=C(N[C@H](c1ccccc1)C(F)(F)F)c1ccc(Br)cc1. The molecule has 110 valence electrons. The van der Waals surface area contributed by atoms with Gasteiger partial charge in [-0.2, -0.15) is 13.2 Å². The molecule has 0 radical (unpaired) electrons. The highest BCUT2D eigenvalue weighted by Crippen LogP contribution is 2.32. The zero-order valence-electron chi connectivity index (χ0n) is 10.7. The number of hydrogen-bond acceptors (Lipinski definition) is 1. The van der Waals surface area contributed by atoms with Crippen LogP contribution in [-0.4, -0.2) is 12.1 Å². The van der Waals surface area contributed by atoms with E-state index in [0.29, 0.717) is 0 Å². The number of nitrogens with one attached hydrogen (secondary N) is 1. The number of halogens is 4. The molecule has 2 aromatic rings. The Morgan fingerprint density at radius 3 is 2.10 bits per heavy atom. The van der Waals surface area contributed by atoms with Gasteiger partial charge >= 0.3 is 6.18 Å². The van der Waals surface area contributed by atoms with Crippen LogP contribution in [0.4, 0.5) is 13.2 Å². The molecule has 1 atom stereocenters. The summed E-state index contributed by atoms with van der Waals surface area (Å²) in [5.74, 6) is -0.770. The molecule has 2 rings (SSSR count). The molecule has 0 unspecified atom stereocenters. The molecule has 0 aromatic heterocycles. The van der Waals surface area contributed by atoms with Crippen LogP contribution in [0.15, 0.2) is 59.1 Å². The number of hydrogen-bond donors (Lipinski definition) is 1. The molecule has 2 aromatic carbocycles. The van der Waals surface area contributed by atoms with Crippen molar-refractivity contribution in [3.63, 3.8) is 0 Å². The van der Waals surface area contributed by atoms with Gasteiger partial charge in [-0.25, -0.2) is 0 Å². The lowest BCUT2D eigenvalue weighted by Crippen LogP contribution is -2.38. The molecule has 0 spiro atoms. The summed E-state index contributed by atoms with van der Waals surface area (Å²) in [5, 5.41) is 2.03. The molecule has 0 bridgehead atoms. The van der Waals surface area contributed by atoms with Crippen LogP contribution >= 0.6 is 15.9 Å². The van der Waals surface area contributed by atoms with E-state index in [-0.39, 0.29) is 11.1 Å². The number of benzene rings is 2. The third kappa shape index (κ3) is 4.07. The molecule has 0 aliphatic heterocycles. The van der Waals surface area contributed by atoms with Crippen molar-refractivity contribution in [3.8, 4) is 0 Å².